The molecule has 0 saturated carbocycles. The first-order valence-corrected chi connectivity index (χ1v) is 8.91. The van der Waals surface area contributed by atoms with Gasteiger partial charge < -0.3 is 19.5 Å². The van der Waals surface area contributed by atoms with Crippen molar-refractivity contribution in [3.63, 3.8) is 0 Å². The number of carbonyl (C=O) groups excluding carboxylic acids is 1. The van der Waals surface area contributed by atoms with Gasteiger partial charge in [-0.2, -0.15) is 0 Å². The maximum absolute atomic E-state index is 12.7. The van der Waals surface area contributed by atoms with E-state index >= 15 is 0 Å². The smallest absolute Gasteiger partial charge is 0.255 e. The Hall–Kier alpha value is -3.47. The molecular weight excluding hydrogens is 354 g/mol. The largest absolute Gasteiger partial charge is 0.493 e. The van der Waals surface area contributed by atoms with E-state index in [4.69, 9.17) is 14.2 Å². The van der Waals surface area contributed by atoms with E-state index in [1.54, 1.807) is 38.5 Å². The lowest BCUT2D eigenvalue weighted by Gasteiger charge is -2.14. The number of carbonyl (C=O) groups is 1. The minimum absolute atomic E-state index is 0.222. The number of anilines is 1. The topological polar surface area (TPSA) is 56.8 Å². The Morgan fingerprint density at radius 1 is 0.893 bits per heavy atom. The zero-order valence-corrected chi connectivity index (χ0v) is 16.2. The van der Waals surface area contributed by atoms with Gasteiger partial charge in [-0.05, 0) is 42.3 Å². The molecule has 0 heterocycles. The van der Waals surface area contributed by atoms with E-state index in [1.807, 2.05) is 49.4 Å². The Bertz CT molecular complexity index is 954. The molecule has 0 unspecified atom stereocenters. The van der Waals surface area contributed by atoms with Crippen LogP contribution in [-0.2, 0) is 6.61 Å². The molecule has 3 aromatic rings. The second kappa shape index (κ2) is 8.95. The normalized spacial score (nSPS) is 10.2. The summed E-state index contributed by atoms with van der Waals surface area (Å²) >= 11 is 0. The van der Waals surface area contributed by atoms with Crippen molar-refractivity contribution < 1.29 is 19.0 Å². The number of methoxy groups -OCH3 is 2. The molecule has 0 aliphatic carbocycles. The first kappa shape index (κ1) is 19.3. The highest BCUT2D eigenvalue weighted by atomic mass is 16.5. The molecule has 28 heavy (non-hydrogen) atoms. The summed E-state index contributed by atoms with van der Waals surface area (Å²) in [5, 5.41) is 2.92. The van der Waals surface area contributed by atoms with Crippen molar-refractivity contribution in [2.24, 2.45) is 0 Å². The number of amides is 1. The summed E-state index contributed by atoms with van der Waals surface area (Å²) in [5.41, 5.74) is 3.12. The third-order valence-electron chi connectivity index (χ3n) is 4.32. The molecule has 0 aromatic heterocycles. The molecule has 0 saturated heterocycles. The number of hydrogen-bond donors (Lipinski definition) is 1. The molecule has 5 heteroatoms. The van der Waals surface area contributed by atoms with Crippen LogP contribution in [0.15, 0.2) is 66.7 Å². The number of hydrogen-bond acceptors (Lipinski definition) is 4. The second-order valence-corrected chi connectivity index (χ2v) is 6.28. The molecule has 3 rings (SSSR count). The van der Waals surface area contributed by atoms with E-state index in [1.165, 1.54) is 0 Å². The molecule has 0 spiro atoms. The van der Waals surface area contributed by atoms with Crippen LogP contribution in [0.1, 0.15) is 21.5 Å². The Labute approximate surface area is 164 Å². The fourth-order valence-corrected chi connectivity index (χ4v) is 2.78. The molecule has 0 aliphatic rings. The van der Waals surface area contributed by atoms with Crippen molar-refractivity contribution in [1.82, 2.24) is 0 Å². The van der Waals surface area contributed by atoms with Gasteiger partial charge in [0.1, 0.15) is 12.4 Å². The van der Waals surface area contributed by atoms with Gasteiger partial charge in [0.15, 0.2) is 11.5 Å². The van der Waals surface area contributed by atoms with E-state index < -0.39 is 0 Å². The van der Waals surface area contributed by atoms with Crippen LogP contribution in [0.4, 0.5) is 5.69 Å². The van der Waals surface area contributed by atoms with Crippen LogP contribution < -0.4 is 19.5 Å². The molecule has 0 atom stereocenters. The molecule has 0 aliphatic heterocycles. The number of nitrogens with one attached hydrogen (secondary N) is 1. The summed E-state index contributed by atoms with van der Waals surface area (Å²) < 4.78 is 16.4. The Balaban J connectivity index is 1.73. The monoisotopic (exact) mass is 377 g/mol. The molecule has 0 bridgehead atoms. The van der Waals surface area contributed by atoms with Crippen molar-refractivity contribution in [2.75, 3.05) is 19.5 Å². The number of benzene rings is 3. The SMILES string of the molecule is COc1cc(C)c(NC(=O)c2cccc(OCc3ccccc3)c2)cc1OC. The zero-order chi connectivity index (χ0) is 19.9. The lowest BCUT2D eigenvalue weighted by atomic mass is 10.1. The van der Waals surface area contributed by atoms with Crippen molar-refractivity contribution in [3.8, 4) is 17.2 Å². The predicted molar refractivity (Wildman–Crippen MR) is 109 cm³/mol. The second-order valence-electron chi connectivity index (χ2n) is 6.28. The van der Waals surface area contributed by atoms with Gasteiger partial charge >= 0.3 is 0 Å². The standard InChI is InChI=1S/C23H23NO4/c1-16-12-21(26-2)22(27-3)14-20(16)24-23(25)18-10-7-11-19(13-18)28-15-17-8-5-4-6-9-17/h4-14H,15H2,1-3H3,(H,24,25). The average molecular weight is 377 g/mol. The minimum Gasteiger partial charge on any atom is -0.493 e. The molecule has 5 nitrogen and oxygen atoms in total. The van der Waals surface area contributed by atoms with Gasteiger partial charge in [0, 0.05) is 17.3 Å². The molecule has 144 valence electrons. The Morgan fingerprint density at radius 3 is 2.32 bits per heavy atom. The third-order valence-corrected chi connectivity index (χ3v) is 4.32. The highest BCUT2D eigenvalue weighted by molar-refractivity contribution is 6.05. The first-order valence-electron chi connectivity index (χ1n) is 8.91. The quantitative estimate of drug-likeness (QED) is 0.640. The van der Waals surface area contributed by atoms with Gasteiger partial charge in [0.25, 0.3) is 5.91 Å². The lowest BCUT2D eigenvalue weighted by Crippen LogP contribution is -2.13. The van der Waals surface area contributed by atoms with E-state index in [9.17, 15) is 4.79 Å². The maximum atomic E-state index is 12.7. The van der Waals surface area contributed by atoms with Crippen LogP contribution >= 0.6 is 0 Å². The summed E-state index contributed by atoms with van der Waals surface area (Å²) in [6.07, 6.45) is 0. The van der Waals surface area contributed by atoms with E-state index in [2.05, 4.69) is 5.32 Å². The summed E-state index contributed by atoms with van der Waals surface area (Å²) in [6.45, 7) is 2.34. The number of aryl methyl sites for hydroxylation is 1. The Kier molecular flexibility index (Phi) is 6.17. The van der Waals surface area contributed by atoms with Crippen molar-refractivity contribution in [1.29, 1.82) is 0 Å². The van der Waals surface area contributed by atoms with Crippen molar-refractivity contribution >= 4 is 11.6 Å². The molecule has 0 fully saturated rings. The number of rotatable bonds is 7. The lowest BCUT2D eigenvalue weighted by molar-refractivity contribution is 0.102. The van der Waals surface area contributed by atoms with Crippen LogP contribution in [-0.4, -0.2) is 20.1 Å². The summed E-state index contributed by atoms with van der Waals surface area (Å²) in [7, 11) is 3.14. The van der Waals surface area contributed by atoms with Crippen LogP contribution in [0.5, 0.6) is 17.2 Å². The molecular formula is C23H23NO4. The molecule has 3 aromatic carbocycles. The van der Waals surface area contributed by atoms with Crippen LogP contribution in [0.25, 0.3) is 0 Å². The molecule has 1 N–H and O–H groups in total. The Morgan fingerprint density at radius 2 is 1.61 bits per heavy atom. The summed E-state index contributed by atoms with van der Waals surface area (Å²) in [5.74, 6) is 1.60. The molecule has 0 radical (unpaired) electrons. The van der Waals surface area contributed by atoms with E-state index in [0.29, 0.717) is 35.1 Å². The van der Waals surface area contributed by atoms with Gasteiger partial charge in [0.2, 0.25) is 0 Å². The summed E-state index contributed by atoms with van der Waals surface area (Å²) in [6, 6.07) is 20.6. The maximum Gasteiger partial charge on any atom is 0.255 e. The number of ether oxygens (including phenoxy) is 3. The van der Waals surface area contributed by atoms with Gasteiger partial charge in [0.05, 0.1) is 14.2 Å². The highest BCUT2D eigenvalue weighted by Crippen LogP contribution is 2.33. The molecule has 1 amide bonds. The fraction of sp³-hybridized carbons (Fsp3) is 0.174. The van der Waals surface area contributed by atoms with Gasteiger partial charge in [-0.3, -0.25) is 4.79 Å². The van der Waals surface area contributed by atoms with Gasteiger partial charge in [-0.25, -0.2) is 0 Å². The third kappa shape index (κ3) is 4.62. The predicted octanol–water partition coefficient (Wildman–Crippen LogP) is 4.84. The van der Waals surface area contributed by atoms with Crippen LogP contribution in [0, 0.1) is 6.92 Å². The van der Waals surface area contributed by atoms with Crippen molar-refractivity contribution in [2.45, 2.75) is 13.5 Å². The average Bonchev–Trinajstić information content (AvgIpc) is 2.74. The summed E-state index contributed by atoms with van der Waals surface area (Å²) in [4.78, 5) is 12.7. The van der Waals surface area contributed by atoms with Gasteiger partial charge in [-0.15, -0.1) is 0 Å². The minimum atomic E-state index is -0.222. The van der Waals surface area contributed by atoms with Gasteiger partial charge in [-0.1, -0.05) is 36.4 Å². The fourth-order valence-electron chi connectivity index (χ4n) is 2.78. The van der Waals surface area contributed by atoms with E-state index in [-0.39, 0.29) is 5.91 Å². The zero-order valence-electron chi connectivity index (χ0n) is 16.2. The highest BCUT2D eigenvalue weighted by Gasteiger charge is 2.13. The van der Waals surface area contributed by atoms with Crippen LogP contribution in [0.3, 0.4) is 0 Å². The first-order chi connectivity index (χ1) is 13.6. The van der Waals surface area contributed by atoms with Crippen molar-refractivity contribution in [3.05, 3.63) is 83.4 Å². The van der Waals surface area contributed by atoms with E-state index in [0.717, 1.165) is 11.1 Å². The van der Waals surface area contributed by atoms with Crippen LogP contribution in [0.2, 0.25) is 0 Å².